The molecular weight excluding hydrogens is 435 g/mol. The van der Waals surface area contributed by atoms with E-state index < -0.39 is 5.82 Å². The number of fused-ring (bicyclic) bond motifs is 1. The maximum absolute atomic E-state index is 14.8. The second kappa shape index (κ2) is 8.93. The Morgan fingerprint density at radius 1 is 1.12 bits per heavy atom. The Bertz CT molecular complexity index is 1110. The molecule has 1 aliphatic heterocycles. The summed E-state index contributed by atoms with van der Waals surface area (Å²) in [5.74, 6) is -0.561. The highest BCUT2D eigenvalue weighted by molar-refractivity contribution is 6.07. The molecule has 2 N–H and O–H groups in total. The van der Waals surface area contributed by atoms with E-state index in [-0.39, 0.29) is 52.8 Å². The fourth-order valence-corrected chi connectivity index (χ4v) is 4.28. The molecule has 0 amide bonds. The number of carbonyl (C=O) groups is 1. The minimum absolute atomic E-state index is 0.0352. The van der Waals surface area contributed by atoms with Gasteiger partial charge in [-0.1, -0.05) is 41.5 Å². The minimum atomic E-state index is -0.649. The number of hydrogen-bond acceptors (Lipinski definition) is 5. The van der Waals surface area contributed by atoms with Gasteiger partial charge >= 0.3 is 0 Å². The van der Waals surface area contributed by atoms with Crippen LogP contribution >= 0.6 is 0 Å². The van der Waals surface area contributed by atoms with Crippen LogP contribution in [-0.2, 0) is 17.4 Å². The number of rotatable bonds is 6. The lowest BCUT2D eigenvalue weighted by atomic mass is 9.78. The lowest BCUT2D eigenvalue weighted by Gasteiger charge is -2.28. The van der Waals surface area contributed by atoms with Crippen molar-refractivity contribution in [2.75, 3.05) is 20.3 Å². The quantitative estimate of drug-likeness (QED) is 0.540. The predicted molar refractivity (Wildman–Crippen MR) is 131 cm³/mol. The Labute approximate surface area is 201 Å². The molecule has 0 spiro atoms. The Balaban J connectivity index is 1.98. The van der Waals surface area contributed by atoms with Crippen LogP contribution in [0.4, 0.5) is 4.39 Å². The molecule has 2 aromatic rings. The number of amidine groups is 1. The summed E-state index contributed by atoms with van der Waals surface area (Å²) in [7, 11) is 1.36. The summed E-state index contributed by atoms with van der Waals surface area (Å²) in [6.07, 6.45) is 0. The Morgan fingerprint density at radius 2 is 1.68 bits per heavy atom. The van der Waals surface area contributed by atoms with Gasteiger partial charge in [-0.3, -0.25) is 10.2 Å². The number of ketones is 1. The van der Waals surface area contributed by atoms with Gasteiger partial charge in [0.2, 0.25) is 5.82 Å². The molecule has 184 valence electrons. The molecule has 6 nitrogen and oxygen atoms in total. The highest BCUT2D eigenvalue weighted by atomic mass is 19.1. The van der Waals surface area contributed by atoms with Crippen LogP contribution in [0.1, 0.15) is 81.1 Å². The van der Waals surface area contributed by atoms with Gasteiger partial charge in [0.25, 0.3) is 0 Å². The van der Waals surface area contributed by atoms with Crippen molar-refractivity contribution >= 4 is 11.6 Å². The fraction of sp³-hybridized carbons (Fsp3) is 0.481. The number of carbonyl (C=O) groups excluding carboxylic acids is 1. The van der Waals surface area contributed by atoms with Crippen molar-refractivity contribution in [2.45, 2.75) is 65.8 Å². The molecule has 0 bridgehead atoms. The fourth-order valence-electron chi connectivity index (χ4n) is 4.28. The van der Waals surface area contributed by atoms with Gasteiger partial charge in [-0.2, -0.15) is 4.39 Å². The topological polar surface area (TPSA) is 82.9 Å². The first-order valence-electron chi connectivity index (χ1n) is 11.5. The molecular formula is C27H35FN2O4. The summed E-state index contributed by atoms with van der Waals surface area (Å²) in [6, 6.07) is 5.06. The van der Waals surface area contributed by atoms with E-state index in [4.69, 9.17) is 14.9 Å². The molecule has 34 heavy (non-hydrogen) atoms. The van der Waals surface area contributed by atoms with Gasteiger partial charge in [0, 0.05) is 23.2 Å². The van der Waals surface area contributed by atoms with Gasteiger partial charge in [0.1, 0.15) is 11.6 Å². The second-order valence-corrected chi connectivity index (χ2v) is 10.7. The van der Waals surface area contributed by atoms with Crippen molar-refractivity contribution in [1.82, 2.24) is 4.90 Å². The minimum Gasteiger partial charge on any atom is -0.507 e. The van der Waals surface area contributed by atoms with Gasteiger partial charge < -0.3 is 19.5 Å². The van der Waals surface area contributed by atoms with E-state index in [0.717, 1.165) is 0 Å². The van der Waals surface area contributed by atoms with Crippen molar-refractivity contribution < 1.29 is 23.8 Å². The van der Waals surface area contributed by atoms with Gasteiger partial charge in [-0.25, -0.2) is 0 Å². The maximum Gasteiger partial charge on any atom is 0.207 e. The van der Waals surface area contributed by atoms with Gasteiger partial charge in [-0.15, -0.1) is 0 Å². The van der Waals surface area contributed by atoms with E-state index in [1.54, 1.807) is 30.0 Å². The van der Waals surface area contributed by atoms with E-state index in [2.05, 4.69) is 0 Å². The maximum atomic E-state index is 14.8. The van der Waals surface area contributed by atoms with Crippen LogP contribution in [0.25, 0.3) is 0 Å². The molecule has 0 fully saturated rings. The van der Waals surface area contributed by atoms with Crippen molar-refractivity contribution in [1.29, 1.82) is 5.41 Å². The zero-order valence-electron chi connectivity index (χ0n) is 21.4. The smallest absolute Gasteiger partial charge is 0.207 e. The number of aromatic hydroxyl groups is 1. The van der Waals surface area contributed by atoms with Crippen LogP contribution in [0.5, 0.6) is 17.2 Å². The standard InChI is InChI=1S/C27H35FN2O4/c1-9-34-20-12-16-13-30(25(29)21(16)24(33-8)22(20)28)14-19(31)15-10-17(26(2,3)4)23(32)18(11-15)27(5,6)7/h10-12,29,32H,9,13-14H2,1-8H3. The molecule has 0 saturated carbocycles. The van der Waals surface area contributed by atoms with Crippen LogP contribution < -0.4 is 9.47 Å². The number of ether oxygens (including phenoxy) is 2. The number of hydrogen-bond donors (Lipinski definition) is 2. The highest BCUT2D eigenvalue weighted by Crippen LogP contribution is 2.41. The van der Waals surface area contributed by atoms with E-state index in [1.165, 1.54) is 7.11 Å². The summed E-state index contributed by atoms with van der Waals surface area (Å²) in [6.45, 7) is 14.2. The monoisotopic (exact) mass is 470 g/mol. The molecule has 1 aliphatic rings. The van der Waals surface area contributed by atoms with Crippen LogP contribution in [0, 0.1) is 11.2 Å². The van der Waals surface area contributed by atoms with Crippen LogP contribution in [0.2, 0.25) is 0 Å². The third-order valence-corrected chi connectivity index (χ3v) is 6.07. The third kappa shape index (κ3) is 4.61. The molecule has 0 aliphatic carbocycles. The van der Waals surface area contributed by atoms with Crippen LogP contribution in [-0.4, -0.2) is 41.9 Å². The molecule has 0 unspecified atom stereocenters. The van der Waals surface area contributed by atoms with Crippen molar-refractivity contribution in [3.8, 4) is 17.2 Å². The number of halogens is 1. The Hall–Kier alpha value is -3.09. The number of Topliss-reactive ketones (excluding diaryl/α,β-unsaturated/α-hetero) is 1. The second-order valence-electron chi connectivity index (χ2n) is 10.7. The Morgan fingerprint density at radius 3 is 2.15 bits per heavy atom. The molecule has 2 aromatic carbocycles. The highest BCUT2D eigenvalue weighted by Gasteiger charge is 2.34. The first-order valence-corrected chi connectivity index (χ1v) is 11.5. The molecule has 1 heterocycles. The first-order chi connectivity index (χ1) is 15.7. The normalized spacial score (nSPS) is 13.8. The van der Waals surface area contributed by atoms with Crippen LogP contribution in [0.15, 0.2) is 18.2 Å². The number of benzene rings is 2. The predicted octanol–water partition coefficient (Wildman–Crippen LogP) is 5.56. The molecule has 0 aromatic heterocycles. The summed E-state index contributed by atoms with van der Waals surface area (Å²) < 4.78 is 25.5. The molecule has 0 atom stereocenters. The summed E-state index contributed by atoms with van der Waals surface area (Å²) in [5.41, 5.74) is 2.17. The zero-order valence-corrected chi connectivity index (χ0v) is 21.4. The van der Waals surface area contributed by atoms with Crippen molar-refractivity contribution in [3.05, 3.63) is 51.8 Å². The van der Waals surface area contributed by atoms with Gasteiger partial charge in [-0.05, 0) is 41.5 Å². The molecule has 7 heteroatoms. The Kier molecular flexibility index (Phi) is 6.71. The molecule has 3 rings (SSSR count). The van der Waals surface area contributed by atoms with E-state index in [9.17, 15) is 14.3 Å². The van der Waals surface area contributed by atoms with E-state index in [0.29, 0.717) is 34.4 Å². The SMILES string of the molecule is CCOc1cc2c(c(OC)c1F)C(=N)N(CC(=O)c1cc(C(C)(C)C)c(O)c(C(C)(C)C)c1)C2. The number of nitrogens with zero attached hydrogens (tertiary/aromatic N) is 1. The van der Waals surface area contributed by atoms with Crippen LogP contribution in [0.3, 0.4) is 0 Å². The summed E-state index contributed by atoms with van der Waals surface area (Å²) in [4.78, 5) is 15.0. The summed E-state index contributed by atoms with van der Waals surface area (Å²) in [5, 5.41) is 19.6. The zero-order chi connectivity index (χ0) is 25.6. The third-order valence-electron chi connectivity index (χ3n) is 6.07. The lowest BCUT2D eigenvalue weighted by Crippen LogP contribution is -2.31. The number of phenolic OH excluding ortho intramolecular Hbond substituents is 1. The van der Waals surface area contributed by atoms with Crippen molar-refractivity contribution in [2.24, 2.45) is 0 Å². The lowest BCUT2D eigenvalue weighted by molar-refractivity contribution is 0.0962. The van der Waals surface area contributed by atoms with Gasteiger partial charge in [0.05, 0.1) is 25.8 Å². The average molecular weight is 471 g/mol. The largest absolute Gasteiger partial charge is 0.507 e. The number of methoxy groups -OCH3 is 1. The van der Waals surface area contributed by atoms with E-state index >= 15 is 0 Å². The molecule has 0 radical (unpaired) electrons. The van der Waals surface area contributed by atoms with Gasteiger partial charge in [0.15, 0.2) is 17.3 Å². The number of nitrogens with one attached hydrogen (secondary N) is 1. The number of phenols is 1. The molecule has 0 saturated heterocycles. The summed E-state index contributed by atoms with van der Waals surface area (Å²) >= 11 is 0. The van der Waals surface area contributed by atoms with E-state index in [1.807, 2.05) is 41.5 Å². The van der Waals surface area contributed by atoms with Crippen molar-refractivity contribution in [3.63, 3.8) is 0 Å². The first kappa shape index (κ1) is 25.5. The average Bonchev–Trinajstić information content (AvgIpc) is 3.02.